The molecule has 8 nitrogen and oxygen atoms in total. The van der Waals surface area contributed by atoms with Crippen molar-refractivity contribution in [2.24, 2.45) is 0 Å². The van der Waals surface area contributed by atoms with Gasteiger partial charge in [0.2, 0.25) is 0 Å². The maximum absolute atomic E-state index is 13.3. The van der Waals surface area contributed by atoms with Crippen molar-refractivity contribution in [1.29, 1.82) is 0 Å². The van der Waals surface area contributed by atoms with E-state index in [-0.39, 0.29) is 19.6 Å². The van der Waals surface area contributed by atoms with Crippen molar-refractivity contribution >= 4 is 18.0 Å². The highest BCUT2D eigenvalue weighted by Crippen LogP contribution is 2.25. The smallest absolute Gasteiger partial charge is 0.408 e. The van der Waals surface area contributed by atoms with Crippen molar-refractivity contribution < 1.29 is 29.0 Å². The number of rotatable bonds is 6. The van der Waals surface area contributed by atoms with Gasteiger partial charge in [-0.15, -0.1) is 0 Å². The van der Waals surface area contributed by atoms with E-state index in [1.165, 1.54) is 12.0 Å². The van der Waals surface area contributed by atoms with Gasteiger partial charge in [-0.25, -0.2) is 9.59 Å². The third kappa shape index (κ3) is 5.15. The Morgan fingerprint density at radius 3 is 2.37 bits per heavy atom. The maximum Gasteiger partial charge on any atom is 0.408 e. The highest BCUT2D eigenvalue weighted by molar-refractivity contribution is 5.91. The Hall–Kier alpha value is -3.39. The monoisotopic (exact) mass is 412 g/mol. The first-order valence-electron chi connectivity index (χ1n) is 9.58. The van der Waals surface area contributed by atoms with E-state index in [9.17, 15) is 19.5 Å². The van der Waals surface area contributed by atoms with Gasteiger partial charge in [-0.1, -0.05) is 60.7 Å². The Kier molecular flexibility index (Phi) is 7.03. The number of aliphatic hydroxyl groups excluding tert-OH is 1. The number of carbonyl (C=O) groups excluding carboxylic acids is 3. The third-order valence-electron chi connectivity index (χ3n) is 4.89. The second-order valence-corrected chi connectivity index (χ2v) is 6.97. The van der Waals surface area contributed by atoms with Crippen molar-refractivity contribution in [3.63, 3.8) is 0 Å². The summed E-state index contributed by atoms with van der Waals surface area (Å²) in [7, 11) is 1.23. The topological polar surface area (TPSA) is 105 Å². The second-order valence-electron chi connectivity index (χ2n) is 6.97. The molecule has 1 saturated heterocycles. The number of alkyl carbamates (subject to hydrolysis) is 1. The molecule has 0 saturated carbocycles. The molecule has 0 radical (unpaired) electrons. The number of hydrogen-bond acceptors (Lipinski definition) is 6. The zero-order valence-electron chi connectivity index (χ0n) is 16.6. The Labute approximate surface area is 174 Å². The van der Waals surface area contributed by atoms with Crippen LogP contribution in [0.1, 0.15) is 23.6 Å². The predicted molar refractivity (Wildman–Crippen MR) is 107 cm³/mol. The average molecular weight is 412 g/mol. The first kappa shape index (κ1) is 21.3. The number of ether oxygens (including phenoxy) is 2. The quantitative estimate of drug-likeness (QED) is 0.701. The van der Waals surface area contributed by atoms with Crippen LogP contribution in [-0.4, -0.2) is 53.8 Å². The van der Waals surface area contributed by atoms with Crippen molar-refractivity contribution in [3.05, 3.63) is 71.8 Å². The van der Waals surface area contributed by atoms with Gasteiger partial charge in [0, 0.05) is 13.0 Å². The summed E-state index contributed by atoms with van der Waals surface area (Å²) in [5.74, 6) is -1.14. The van der Waals surface area contributed by atoms with E-state index in [4.69, 9.17) is 9.47 Å². The molecule has 0 aromatic heterocycles. The third-order valence-corrected chi connectivity index (χ3v) is 4.89. The molecule has 1 heterocycles. The number of aliphatic hydroxyl groups is 1. The van der Waals surface area contributed by atoms with E-state index in [0.29, 0.717) is 5.56 Å². The summed E-state index contributed by atoms with van der Waals surface area (Å²) < 4.78 is 10.0. The molecule has 0 bridgehead atoms. The number of methoxy groups -OCH3 is 1. The lowest BCUT2D eigenvalue weighted by Gasteiger charge is -2.27. The molecule has 2 amide bonds. The number of nitrogens with zero attached hydrogens (tertiary/aromatic N) is 1. The molecule has 1 aliphatic rings. The summed E-state index contributed by atoms with van der Waals surface area (Å²) >= 11 is 0. The van der Waals surface area contributed by atoms with Crippen LogP contribution >= 0.6 is 0 Å². The second kappa shape index (κ2) is 9.89. The molecule has 30 heavy (non-hydrogen) atoms. The summed E-state index contributed by atoms with van der Waals surface area (Å²) in [5, 5.41) is 12.6. The number of esters is 1. The Bertz CT molecular complexity index is 874. The molecule has 2 aromatic rings. The molecule has 8 heteroatoms. The van der Waals surface area contributed by atoms with E-state index >= 15 is 0 Å². The Morgan fingerprint density at radius 1 is 1.10 bits per heavy atom. The highest BCUT2D eigenvalue weighted by atomic mass is 16.5. The Morgan fingerprint density at radius 2 is 1.73 bits per heavy atom. The van der Waals surface area contributed by atoms with Crippen molar-refractivity contribution in [2.75, 3.05) is 13.7 Å². The fourth-order valence-electron chi connectivity index (χ4n) is 3.40. The lowest BCUT2D eigenvalue weighted by Crippen LogP contribution is -2.47. The van der Waals surface area contributed by atoms with Crippen molar-refractivity contribution in [3.8, 4) is 0 Å². The van der Waals surface area contributed by atoms with Gasteiger partial charge < -0.3 is 24.8 Å². The molecular weight excluding hydrogens is 388 g/mol. The van der Waals surface area contributed by atoms with Gasteiger partial charge in [0.25, 0.3) is 5.91 Å². The van der Waals surface area contributed by atoms with Gasteiger partial charge in [-0.2, -0.15) is 0 Å². The molecule has 158 valence electrons. The summed E-state index contributed by atoms with van der Waals surface area (Å²) in [6.07, 6.45) is -1.53. The lowest BCUT2D eigenvalue weighted by molar-refractivity contribution is -0.151. The normalized spacial score (nSPS) is 19.1. The minimum Gasteiger partial charge on any atom is -0.467 e. The summed E-state index contributed by atoms with van der Waals surface area (Å²) in [5.41, 5.74) is 1.34. The average Bonchev–Trinajstić information content (AvgIpc) is 3.18. The van der Waals surface area contributed by atoms with E-state index in [1.807, 2.05) is 30.3 Å². The van der Waals surface area contributed by atoms with Crippen LogP contribution in [0.5, 0.6) is 0 Å². The zero-order chi connectivity index (χ0) is 21.5. The van der Waals surface area contributed by atoms with Gasteiger partial charge in [-0.05, 0) is 11.1 Å². The van der Waals surface area contributed by atoms with Crippen molar-refractivity contribution in [1.82, 2.24) is 10.2 Å². The molecule has 0 spiro atoms. The fourth-order valence-corrected chi connectivity index (χ4v) is 3.40. The van der Waals surface area contributed by atoms with E-state index in [1.54, 1.807) is 30.3 Å². The molecule has 0 aliphatic carbocycles. The molecular formula is C22H24N2O6. The highest BCUT2D eigenvalue weighted by Gasteiger charge is 2.42. The summed E-state index contributed by atoms with van der Waals surface area (Å²) in [6.45, 7) is 0.0261. The van der Waals surface area contributed by atoms with Gasteiger partial charge >= 0.3 is 12.1 Å². The van der Waals surface area contributed by atoms with Crippen LogP contribution in [0.4, 0.5) is 4.79 Å². The van der Waals surface area contributed by atoms with Gasteiger partial charge in [0.1, 0.15) is 18.7 Å². The summed E-state index contributed by atoms with van der Waals surface area (Å²) in [4.78, 5) is 39.0. The van der Waals surface area contributed by atoms with E-state index < -0.39 is 36.2 Å². The number of carbonyl (C=O) groups is 3. The molecule has 3 rings (SSSR count). The first-order valence-corrected chi connectivity index (χ1v) is 9.58. The maximum atomic E-state index is 13.3. The standard InChI is InChI=1S/C22H24N2O6/c1-29-21(27)18-12-17(25)13-24(18)20(26)19(16-10-6-3-7-11-16)23-22(28)30-14-15-8-4-2-5-9-15/h2-11,17-19,25H,12-14H2,1H3,(H,23,28)/t17-,18+,19+/m1/s1. The van der Waals surface area contributed by atoms with Crippen LogP contribution in [0.3, 0.4) is 0 Å². The molecule has 0 unspecified atom stereocenters. The number of likely N-dealkylation sites (tertiary alicyclic amines) is 1. The van der Waals surface area contributed by atoms with Crippen LogP contribution in [0.2, 0.25) is 0 Å². The summed E-state index contributed by atoms with van der Waals surface area (Å²) in [6, 6.07) is 15.8. The van der Waals surface area contributed by atoms with Gasteiger partial charge in [0.05, 0.1) is 13.2 Å². The molecule has 1 aliphatic heterocycles. The van der Waals surface area contributed by atoms with E-state index in [0.717, 1.165) is 5.56 Å². The largest absolute Gasteiger partial charge is 0.467 e. The van der Waals surface area contributed by atoms with Crippen LogP contribution in [0, 0.1) is 0 Å². The Balaban J connectivity index is 1.76. The van der Waals surface area contributed by atoms with Crippen LogP contribution < -0.4 is 5.32 Å². The predicted octanol–water partition coefficient (Wildman–Crippen LogP) is 1.79. The van der Waals surface area contributed by atoms with Gasteiger partial charge in [0.15, 0.2) is 0 Å². The minimum absolute atomic E-state index is 0.0251. The number of hydrogen-bond donors (Lipinski definition) is 2. The minimum atomic E-state index is -1.08. The van der Waals surface area contributed by atoms with Gasteiger partial charge in [-0.3, -0.25) is 4.79 Å². The first-order chi connectivity index (χ1) is 14.5. The van der Waals surface area contributed by atoms with E-state index in [2.05, 4.69) is 5.32 Å². The molecule has 3 atom stereocenters. The number of amides is 2. The number of benzene rings is 2. The fraction of sp³-hybridized carbons (Fsp3) is 0.318. The SMILES string of the molecule is COC(=O)[C@@H]1C[C@@H](O)CN1C(=O)[C@@H](NC(=O)OCc1ccccc1)c1ccccc1. The number of β-amino-alcohol motifs (C(OH)–C–C–N with tert-alkyl or cyclic N) is 1. The van der Waals surface area contributed by atoms with Crippen molar-refractivity contribution in [2.45, 2.75) is 31.2 Å². The lowest BCUT2D eigenvalue weighted by atomic mass is 10.1. The van der Waals surface area contributed by atoms with Crippen LogP contribution in [0.15, 0.2) is 60.7 Å². The zero-order valence-corrected chi connectivity index (χ0v) is 16.6. The molecule has 2 aromatic carbocycles. The van der Waals surface area contributed by atoms with Crippen LogP contribution in [0.25, 0.3) is 0 Å². The molecule has 2 N–H and O–H groups in total. The van der Waals surface area contributed by atoms with Crippen LogP contribution in [-0.2, 0) is 25.7 Å². The number of nitrogens with one attached hydrogen (secondary N) is 1. The molecule has 1 fully saturated rings.